The maximum Gasteiger partial charge on any atom is 0.310 e. The molecule has 0 aromatic rings. The summed E-state index contributed by atoms with van der Waals surface area (Å²) in [6.45, 7) is 1.33. The maximum atomic E-state index is 10.8. The molecule has 0 aliphatic rings. The summed E-state index contributed by atoms with van der Waals surface area (Å²) < 4.78 is 0. The molecule has 0 saturated carbocycles. The van der Waals surface area contributed by atoms with E-state index in [2.05, 4.69) is 0 Å². The van der Waals surface area contributed by atoms with Crippen molar-refractivity contribution in [2.45, 2.75) is 26.2 Å². The van der Waals surface area contributed by atoms with Gasteiger partial charge in [0.15, 0.2) is 18.5 Å². The summed E-state index contributed by atoms with van der Waals surface area (Å²) in [4.78, 5) is 21.1. The monoisotopic (exact) mass is 251 g/mol. The fourth-order valence-electron chi connectivity index (χ4n) is 1.18. The molecule has 0 radical (unpaired) electrons. The van der Waals surface area contributed by atoms with E-state index in [-0.39, 0.29) is 12.8 Å². The Labute approximate surface area is 95.1 Å². The van der Waals surface area contributed by atoms with Crippen molar-refractivity contribution < 1.29 is 19.8 Å². The summed E-state index contributed by atoms with van der Waals surface area (Å²) in [7, 11) is 0. The van der Waals surface area contributed by atoms with Crippen LogP contribution in [-0.2, 0) is 21.4 Å². The minimum atomic E-state index is -0.953. The van der Waals surface area contributed by atoms with E-state index in [1.165, 1.54) is 0 Å². The number of carboxylic acids is 2. The molecular formula is C9H16O4PS+. The Hall–Kier alpha value is -0.540. The van der Waals surface area contributed by atoms with Gasteiger partial charge in [-0.25, -0.2) is 0 Å². The van der Waals surface area contributed by atoms with Gasteiger partial charge < -0.3 is 10.2 Å². The average Bonchev–Trinajstić information content (AvgIpc) is 2.11. The van der Waals surface area contributed by atoms with Gasteiger partial charge in [-0.2, -0.15) is 0 Å². The van der Waals surface area contributed by atoms with E-state index in [1.807, 2.05) is 6.92 Å². The largest absolute Gasteiger partial charge is 0.481 e. The van der Waals surface area contributed by atoms with Crippen LogP contribution in [-0.4, -0.2) is 34.5 Å². The van der Waals surface area contributed by atoms with Crippen LogP contribution in [0.3, 0.4) is 0 Å². The highest BCUT2D eigenvalue weighted by atomic mass is 32.4. The van der Waals surface area contributed by atoms with Crippen molar-refractivity contribution in [1.29, 1.82) is 0 Å². The minimum Gasteiger partial charge on any atom is -0.481 e. The van der Waals surface area contributed by atoms with Crippen molar-refractivity contribution in [3.63, 3.8) is 0 Å². The molecule has 2 unspecified atom stereocenters. The Morgan fingerprint density at radius 3 is 2.40 bits per heavy atom. The molecule has 0 bridgehead atoms. The Kier molecular flexibility index (Phi) is 7.44. The molecule has 2 N–H and O–H groups in total. The second kappa shape index (κ2) is 7.71. The fourth-order valence-corrected chi connectivity index (χ4v) is 3.78. The second-order valence-corrected chi connectivity index (χ2v) is 6.68. The molecule has 0 aromatic heterocycles. The van der Waals surface area contributed by atoms with Crippen molar-refractivity contribution >= 4 is 30.4 Å². The molecule has 0 spiro atoms. The molecule has 6 heteroatoms. The van der Waals surface area contributed by atoms with Gasteiger partial charge in [0.1, 0.15) is 12.3 Å². The van der Waals surface area contributed by atoms with Crippen molar-refractivity contribution in [2.24, 2.45) is 5.92 Å². The first kappa shape index (κ1) is 14.5. The standard InChI is InChI=1S/C9H15O4PS/c1-2-5-14(15)6-7(9(12)13)3-4-8(10)11/h7H,2-6H2,1H3,(H-,10,11,12,13)/p+1. The van der Waals surface area contributed by atoms with Gasteiger partial charge in [-0.1, -0.05) is 6.92 Å². The third-order valence-electron chi connectivity index (χ3n) is 1.95. The lowest BCUT2D eigenvalue weighted by molar-refractivity contribution is -0.142. The zero-order valence-electron chi connectivity index (χ0n) is 8.68. The van der Waals surface area contributed by atoms with Gasteiger partial charge >= 0.3 is 11.9 Å². The van der Waals surface area contributed by atoms with Crippen LogP contribution < -0.4 is 0 Å². The lowest BCUT2D eigenvalue weighted by Gasteiger charge is -2.05. The fraction of sp³-hybridized carbons (Fsp3) is 0.778. The third kappa shape index (κ3) is 7.40. The highest BCUT2D eigenvalue weighted by Gasteiger charge is 2.25. The van der Waals surface area contributed by atoms with Gasteiger partial charge in [0.05, 0.1) is 5.92 Å². The average molecular weight is 251 g/mol. The minimum absolute atomic E-state index is 0.0956. The normalized spacial score (nSPS) is 13.3. The van der Waals surface area contributed by atoms with Gasteiger partial charge in [0.2, 0.25) is 0 Å². The third-order valence-corrected chi connectivity index (χ3v) is 4.74. The molecular weight excluding hydrogens is 235 g/mol. The highest BCUT2D eigenvalue weighted by Crippen LogP contribution is 2.27. The van der Waals surface area contributed by atoms with Crippen molar-refractivity contribution in [3.05, 3.63) is 0 Å². The van der Waals surface area contributed by atoms with Crippen LogP contribution in [0.5, 0.6) is 0 Å². The van der Waals surface area contributed by atoms with Crippen LogP contribution in [0, 0.1) is 5.92 Å². The molecule has 0 amide bonds. The van der Waals surface area contributed by atoms with E-state index in [9.17, 15) is 9.59 Å². The number of aliphatic carboxylic acids is 2. The number of hydrogen-bond donors (Lipinski definition) is 2. The molecule has 0 aliphatic heterocycles. The van der Waals surface area contributed by atoms with Gasteiger partial charge in [-0.05, 0) is 12.8 Å². The molecule has 0 aromatic carbocycles. The van der Waals surface area contributed by atoms with Crippen LogP contribution in [0.1, 0.15) is 26.2 Å². The first-order valence-corrected chi connectivity index (χ1v) is 7.56. The molecule has 0 heterocycles. The predicted octanol–water partition coefficient (Wildman–Crippen LogP) is 1.91. The van der Waals surface area contributed by atoms with Crippen LogP contribution in [0.25, 0.3) is 0 Å². The lowest BCUT2D eigenvalue weighted by Crippen LogP contribution is -2.18. The highest BCUT2D eigenvalue weighted by molar-refractivity contribution is 8.05. The zero-order chi connectivity index (χ0) is 11.8. The Morgan fingerprint density at radius 2 is 2.00 bits per heavy atom. The van der Waals surface area contributed by atoms with E-state index in [0.29, 0.717) is 6.16 Å². The van der Waals surface area contributed by atoms with Crippen LogP contribution in [0.2, 0.25) is 0 Å². The molecule has 4 nitrogen and oxygen atoms in total. The van der Waals surface area contributed by atoms with E-state index in [4.69, 9.17) is 22.0 Å². The Bertz CT molecular complexity index is 254. The van der Waals surface area contributed by atoms with Gasteiger partial charge in [-0.15, -0.1) is 0 Å². The quantitative estimate of drug-likeness (QED) is 0.644. The molecule has 0 saturated heterocycles. The Balaban J connectivity index is 4.10. The van der Waals surface area contributed by atoms with Crippen LogP contribution in [0.15, 0.2) is 0 Å². The summed E-state index contributed by atoms with van der Waals surface area (Å²) >= 11 is 5.17. The van der Waals surface area contributed by atoms with Crippen molar-refractivity contribution in [1.82, 2.24) is 0 Å². The molecule has 86 valence electrons. The lowest BCUT2D eigenvalue weighted by atomic mass is 10.1. The SMILES string of the molecule is CCC[P+](=S)CC(CCC(=O)O)C(=O)O. The first-order chi connectivity index (χ1) is 6.97. The zero-order valence-corrected chi connectivity index (χ0v) is 10.4. The molecule has 0 rings (SSSR count). The van der Waals surface area contributed by atoms with Gasteiger partial charge in [-0.3, -0.25) is 9.59 Å². The topological polar surface area (TPSA) is 74.6 Å². The van der Waals surface area contributed by atoms with Gasteiger partial charge in [0.25, 0.3) is 0 Å². The summed E-state index contributed by atoms with van der Waals surface area (Å²) in [5.74, 6) is -2.47. The number of carbonyl (C=O) groups is 2. The van der Waals surface area contributed by atoms with Crippen molar-refractivity contribution in [2.75, 3.05) is 12.3 Å². The smallest absolute Gasteiger partial charge is 0.310 e. The molecule has 0 aliphatic carbocycles. The Morgan fingerprint density at radius 1 is 1.40 bits per heavy atom. The van der Waals surface area contributed by atoms with E-state index in [0.717, 1.165) is 12.6 Å². The molecule has 15 heavy (non-hydrogen) atoms. The summed E-state index contributed by atoms with van der Waals surface area (Å²) in [5, 5.41) is 17.3. The summed E-state index contributed by atoms with van der Waals surface area (Å²) in [5.41, 5.74) is 0. The summed E-state index contributed by atoms with van der Waals surface area (Å²) in [6, 6.07) is 0. The molecule has 2 atom stereocenters. The van der Waals surface area contributed by atoms with Gasteiger partial charge in [0, 0.05) is 6.42 Å². The van der Waals surface area contributed by atoms with E-state index < -0.39 is 24.6 Å². The van der Waals surface area contributed by atoms with Crippen molar-refractivity contribution in [3.8, 4) is 0 Å². The molecule has 0 fully saturated rings. The summed E-state index contributed by atoms with van der Waals surface area (Å²) in [6.07, 6.45) is 2.38. The van der Waals surface area contributed by atoms with Crippen LogP contribution in [0.4, 0.5) is 0 Å². The predicted molar refractivity (Wildman–Crippen MR) is 62.3 cm³/mol. The van der Waals surface area contributed by atoms with E-state index >= 15 is 0 Å². The maximum absolute atomic E-state index is 10.8. The second-order valence-electron chi connectivity index (χ2n) is 3.36. The van der Waals surface area contributed by atoms with Crippen LogP contribution >= 0.6 is 6.70 Å². The number of carboxylic acid groups (broad SMARTS) is 2. The van der Waals surface area contributed by atoms with E-state index in [1.54, 1.807) is 0 Å². The first-order valence-electron chi connectivity index (χ1n) is 4.84. The number of hydrogen-bond acceptors (Lipinski definition) is 3. The number of rotatable bonds is 8.